The minimum Gasteiger partial charge on any atom is -0.478 e. The van der Waals surface area contributed by atoms with E-state index >= 15 is 0 Å². The first-order valence-electron chi connectivity index (χ1n) is 8.23. The number of fused-ring (bicyclic) bond motifs is 1. The summed E-state index contributed by atoms with van der Waals surface area (Å²) in [5, 5.41) is 8.68. The third-order valence-corrected chi connectivity index (χ3v) is 5.33. The highest BCUT2D eigenvalue weighted by molar-refractivity contribution is 5.80. The lowest BCUT2D eigenvalue weighted by atomic mass is 9.58. The molecule has 122 valence electrons. The van der Waals surface area contributed by atoms with Crippen molar-refractivity contribution in [3.8, 4) is 0 Å². The molecule has 6 atom stereocenters. The van der Waals surface area contributed by atoms with Crippen molar-refractivity contribution < 1.29 is 14.6 Å². The molecule has 3 nitrogen and oxygen atoms in total. The van der Waals surface area contributed by atoms with Crippen LogP contribution in [0.3, 0.4) is 0 Å². The maximum absolute atomic E-state index is 10.6. The van der Waals surface area contributed by atoms with Gasteiger partial charge in [-0.05, 0) is 43.4 Å². The van der Waals surface area contributed by atoms with Crippen molar-refractivity contribution in [2.45, 2.75) is 39.7 Å². The Balaban J connectivity index is 2.25. The lowest BCUT2D eigenvalue weighted by molar-refractivity contribution is -0.131. The normalized spacial score (nSPS) is 39.0. The van der Waals surface area contributed by atoms with Crippen LogP contribution in [-0.2, 0) is 9.53 Å². The van der Waals surface area contributed by atoms with E-state index in [1.54, 1.807) is 13.2 Å². The Bertz CT molecular complexity index is 489. The van der Waals surface area contributed by atoms with E-state index < -0.39 is 5.97 Å². The largest absolute Gasteiger partial charge is 0.478 e. The summed E-state index contributed by atoms with van der Waals surface area (Å²) in [6, 6.07) is 0. The van der Waals surface area contributed by atoms with Gasteiger partial charge in [0.1, 0.15) is 0 Å². The minimum atomic E-state index is -0.905. The Morgan fingerprint density at radius 3 is 2.68 bits per heavy atom. The molecule has 1 saturated carbocycles. The molecule has 0 bridgehead atoms. The molecular formula is C19H28O3. The van der Waals surface area contributed by atoms with Gasteiger partial charge in [-0.1, -0.05) is 43.7 Å². The van der Waals surface area contributed by atoms with Crippen molar-refractivity contribution in [1.82, 2.24) is 0 Å². The van der Waals surface area contributed by atoms with E-state index in [1.807, 2.05) is 6.08 Å². The summed E-state index contributed by atoms with van der Waals surface area (Å²) in [6.45, 7) is 6.86. The molecule has 0 unspecified atom stereocenters. The van der Waals surface area contributed by atoms with Gasteiger partial charge in [0.15, 0.2) is 0 Å². The maximum atomic E-state index is 10.6. The van der Waals surface area contributed by atoms with Gasteiger partial charge in [-0.15, -0.1) is 0 Å². The smallest absolute Gasteiger partial charge is 0.328 e. The van der Waals surface area contributed by atoms with Crippen LogP contribution in [0.5, 0.6) is 0 Å². The van der Waals surface area contributed by atoms with Gasteiger partial charge in [-0.25, -0.2) is 4.79 Å². The van der Waals surface area contributed by atoms with Crippen molar-refractivity contribution in [2.24, 2.45) is 29.6 Å². The van der Waals surface area contributed by atoms with Crippen LogP contribution in [0.4, 0.5) is 0 Å². The highest BCUT2D eigenvalue weighted by Gasteiger charge is 2.44. The van der Waals surface area contributed by atoms with Gasteiger partial charge in [0, 0.05) is 19.1 Å². The first kappa shape index (κ1) is 17.0. The summed E-state index contributed by atoms with van der Waals surface area (Å²) in [5.74, 6) is 2.03. The van der Waals surface area contributed by atoms with Gasteiger partial charge in [0.2, 0.25) is 0 Å². The summed E-state index contributed by atoms with van der Waals surface area (Å²) in [6.07, 6.45) is 11.8. The monoisotopic (exact) mass is 304 g/mol. The van der Waals surface area contributed by atoms with Gasteiger partial charge in [0.25, 0.3) is 0 Å². The first-order chi connectivity index (χ1) is 10.4. The van der Waals surface area contributed by atoms with Crippen molar-refractivity contribution in [2.75, 3.05) is 7.11 Å². The zero-order chi connectivity index (χ0) is 16.3. The number of hydrogen-bond donors (Lipinski definition) is 1. The number of carboxylic acid groups (broad SMARTS) is 1. The minimum absolute atomic E-state index is 0.217. The van der Waals surface area contributed by atoms with Crippen LogP contribution in [0.25, 0.3) is 0 Å². The van der Waals surface area contributed by atoms with Crippen LogP contribution in [-0.4, -0.2) is 24.3 Å². The fraction of sp³-hybridized carbons (Fsp3) is 0.632. The average Bonchev–Trinajstić information content (AvgIpc) is 2.44. The van der Waals surface area contributed by atoms with Crippen LogP contribution in [0, 0.1) is 29.6 Å². The number of carbonyl (C=O) groups is 1. The molecule has 0 amide bonds. The second-order valence-corrected chi connectivity index (χ2v) is 7.01. The van der Waals surface area contributed by atoms with Crippen molar-refractivity contribution >= 4 is 5.97 Å². The fourth-order valence-electron chi connectivity index (χ4n) is 4.55. The van der Waals surface area contributed by atoms with Crippen LogP contribution < -0.4 is 0 Å². The molecule has 0 spiro atoms. The average molecular weight is 304 g/mol. The highest BCUT2D eigenvalue weighted by atomic mass is 16.5. The molecule has 0 saturated heterocycles. The summed E-state index contributed by atoms with van der Waals surface area (Å²) in [4.78, 5) is 10.6. The lowest BCUT2D eigenvalue weighted by Crippen LogP contribution is -2.44. The zero-order valence-corrected chi connectivity index (χ0v) is 14.0. The van der Waals surface area contributed by atoms with E-state index in [-0.39, 0.29) is 6.10 Å². The predicted molar refractivity (Wildman–Crippen MR) is 88.5 cm³/mol. The molecule has 1 N–H and O–H groups in total. The molecule has 0 aliphatic heterocycles. The number of hydrogen-bond acceptors (Lipinski definition) is 2. The van der Waals surface area contributed by atoms with Gasteiger partial charge in [0.05, 0.1) is 6.10 Å². The Morgan fingerprint density at radius 2 is 2.05 bits per heavy atom. The summed E-state index contributed by atoms with van der Waals surface area (Å²) in [5.41, 5.74) is 1.34. The van der Waals surface area contributed by atoms with E-state index in [2.05, 4.69) is 32.9 Å². The lowest BCUT2D eigenvalue weighted by Gasteiger charge is -2.48. The number of methoxy groups -OCH3 is 1. The summed E-state index contributed by atoms with van der Waals surface area (Å²) >= 11 is 0. The van der Waals surface area contributed by atoms with Gasteiger partial charge in [-0.2, -0.15) is 0 Å². The van der Waals surface area contributed by atoms with E-state index in [0.717, 1.165) is 5.92 Å². The number of carboxylic acids is 1. The molecule has 0 aromatic heterocycles. The number of ether oxygens (including phenoxy) is 1. The molecule has 0 heterocycles. The van der Waals surface area contributed by atoms with Crippen LogP contribution in [0.1, 0.15) is 33.6 Å². The highest BCUT2D eigenvalue weighted by Crippen LogP contribution is 2.49. The Morgan fingerprint density at radius 1 is 1.32 bits per heavy atom. The van der Waals surface area contributed by atoms with E-state index in [1.165, 1.54) is 24.5 Å². The molecule has 0 aromatic carbocycles. The Labute approximate surface area is 133 Å². The molecular weight excluding hydrogens is 276 g/mol. The summed E-state index contributed by atoms with van der Waals surface area (Å²) in [7, 11) is 1.81. The molecule has 2 aliphatic rings. The van der Waals surface area contributed by atoms with E-state index in [4.69, 9.17) is 9.84 Å². The van der Waals surface area contributed by atoms with Crippen molar-refractivity contribution in [3.63, 3.8) is 0 Å². The second-order valence-electron chi connectivity index (χ2n) is 7.01. The maximum Gasteiger partial charge on any atom is 0.328 e. The molecule has 3 heteroatoms. The van der Waals surface area contributed by atoms with E-state index in [0.29, 0.717) is 23.7 Å². The van der Waals surface area contributed by atoms with Crippen LogP contribution in [0.2, 0.25) is 0 Å². The Hall–Kier alpha value is -1.35. The quantitative estimate of drug-likeness (QED) is 0.484. The predicted octanol–water partition coefficient (Wildman–Crippen LogP) is 4.07. The Kier molecular flexibility index (Phi) is 5.63. The molecule has 0 aromatic rings. The third kappa shape index (κ3) is 3.70. The van der Waals surface area contributed by atoms with Crippen LogP contribution in [0.15, 0.2) is 36.0 Å². The van der Waals surface area contributed by atoms with Crippen molar-refractivity contribution in [3.05, 3.63) is 36.0 Å². The number of allylic oxidation sites excluding steroid dienone is 4. The molecule has 1 fully saturated rings. The van der Waals surface area contributed by atoms with Crippen molar-refractivity contribution in [1.29, 1.82) is 0 Å². The van der Waals surface area contributed by atoms with Gasteiger partial charge in [-0.3, -0.25) is 0 Å². The van der Waals surface area contributed by atoms with E-state index in [9.17, 15) is 4.79 Å². The standard InChI is InChI=1S/C19H28O3/c1-12-9-14(3)19-15(7-5-6-8-18(20)21)13(2)11-17(22-4)16(19)10-12/h5-8,11-12,14-17,19H,9-10H2,1-4H3,(H,20,21)/b7-5+,8-6+/t12-,14+,15-,16+,17+,19+/m0/s1. The molecule has 22 heavy (non-hydrogen) atoms. The number of rotatable bonds is 4. The van der Waals surface area contributed by atoms with Gasteiger partial charge >= 0.3 is 5.97 Å². The second kappa shape index (κ2) is 7.28. The molecule has 2 aliphatic carbocycles. The fourth-order valence-corrected chi connectivity index (χ4v) is 4.55. The topological polar surface area (TPSA) is 46.5 Å². The first-order valence-corrected chi connectivity index (χ1v) is 8.23. The zero-order valence-electron chi connectivity index (χ0n) is 14.0. The summed E-state index contributed by atoms with van der Waals surface area (Å²) < 4.78 is 5.74. The van der Waals surface area contributed by atoms with Crippen LogP contribution >= 0.6 is 0 Å². The number of aliphatic carboxylic acids is 1. The molecule has 0 radical (unpaired) electrons. The SMILES string of the molecule is CO[C@@H]1C=C(C)[C@H](/C=C/C=C/C(=O)O)[C@@H]2[C@@H]1C[C@@H](C)C[C@H]2C. The van der Waals surface area contributed by atoms with Gasteiger partial charge < -0.3 is 9.84 Å². The molecule has 2 rings (SSSR count). The third-order valence-electron chi connectivity index (χ3n) is 5.33.